The van der Waals surface area contributed by atoms with E-state index in [1.54, 1.807) is 23.1 Å². The maximum absolute atomic E-state index is 13.4. The molecule has 1 unspecified atom stereocenters. The van der Waals surface area contributed by atoms with E-state index < -0.39 is 6.04 Å². The Morgan fingerprint density at radius 2 is 1.86 bits per heavy atom. The van der Waals surface area contributed by atoms with Gasteiger partial charge in [0.1, 0.15) is 11.6 Å². The van der Waals surface area contributed by atoms with E-state index in [1.165, 1.54) is 11.3 Å². The lowest BCUT2D eigenvalue weighted by atomic mass is 10.0. The highest BCUT2D eigenvalue weighted by atomic mass is 79.9. The summed E-state index contributed by atoms with van der Waals surface area (Å²) in [6, 6.07) is 18.5. The van der Waals surface area contributed by atoms with Crippen molar-refractivity contribution in [1.82, 2.24) is 4.90 Å². The van der Waals surface area contributed by atoms with Crippen molar-refractivity contribution in [3.05, 3.63) is 103 Å². The third-order valence-corrected chi connectivity index (χ3v) is 6.35. The molecule has 0 radical (unpaired) electrons. The molecule has 0 saturated carbocycles. The maximum atomic E-state index is 13.4. The maximum Gasteiger partial charge on any atom is 0.291 e. The van der Waals surface area contributed by atoms with Crippen molar-refractivity contribution in [2.75, 3.05) is 0 Å². The number of carbonyl (C=O) groups excluding carboxylic acids is 1. The summed E-state index contributed by atoms with van der Waals surface area (Å²) >= 11 is 4.95. The minimum absolute atomic E-state index is 0.147. The number of fused-ring (bicyclic) bond motifs is 2. The number of rotatable bonds is 3. The molecule has 0 fully saturated rings. The van der Waals surface area contributed by atoms with Crippen LogP contribution in [0.1, 0.15) is 32.6 Å². The van der Waals surface area contributed by atoms with Crippen molar-refractivity contribution < 1.29 is 9.21 Å². The molecular formula is C22H14BrNO3S. The van der Waals surface area contributed by atoms with Crippen LogP contribution in [-0.2, 0) is 6.54 Å². The van der Waals surface area contributed by atoms with Crippen molar-refractivity contribution in [3.63, 3.8) is 0 Å². The van der Waals surface area contributed by atoms with E-state index in [9.17, 15) is 9.59 Å². The second-order valence-corrected chi connectivity index (χ2v) is 8.55. The summed E-state index contributed by atoms with van der Waals surface area (Å²) in [4.78, 5) is 29.3. The van der Waals surface area contributed by atoms with Crippen LogP contribution >= 0.6 is 27.3 Å². The molecule has 138 valence electrons. The molecule has 4 aromatic rings. The van der Waals surface area contributed by atoms with Gasteiger partial charge < -0.3 is 9.32 Å². The standard InChI is InChI=1S/C22H14BrNO3S/c23-14-8-9-16-15(11-14)20(25)18-19(17-7-4-10-28-17)24(22(26)21(18)27-16)12-13-5-2-1-3-6-13/h1-11,19H,12H2. The van der Waals surface area contributed by atoms with Crippen LogP contribution in [0.5, 0.6) is 0 Å². The van der Waals surface area contributed by atoms with Crippen molar-refractivity contribution in [2.24, 2.45) is 0 Å². The van der Waals surface area contributed by atoms with Crippen LogP contribution in [-0.4, -0.2) is 10.8 Å². The summed E-state index contributed by atoms with van der Waals surface area (Å²) in [5, 5.41) is 2.43. The lowest BCUT2D eigenvalue weighted by Gasteiger charge is -2.24. The molecule has 1 atom stereocenters. The molecule has 0 aliphatic carbocycles. The molecule has 0 saturated heterocycles. The second-order valence-electron chi connectivity index (χ2n) is 6.65. The number of hydrogen-bond donors (Lipinski definition) is 0. The number of nitrogens with zero attached hydrogens (tertiary/aromatic N) is 1. The average Bonchev–Trinajstić information content (AvgIpc) is 3.32. The number of benzene rings is 2. The Morgan fingerprint density at radius 3 is 2.61 bits per heavy atom. The van der Waals surface area contributed by atoms with Gasteiger partial charge in [-0.05, 0) is 35.2 Å². The molecule has 1 aliphatic heterocycles. The fraction of sp³-hybridized carbons (Fsp3) is 0.0909. The Labute approximate surface area is 173 Å². The first kappa shape index (κ1) is 17.4. The lowest BCUT2D eigenvalue weighted by Crippen LogP contribution is -2.28. The quantitative estimate of drug-likeness (QED) is 0.421. The van der Waals surface area contributed by atoms with Gasteiger partial charge in [-0.3, -0.25) is 9.59 Å². The zero-order chi connectivity index (χ0) is 19.3. The number of carbonyl (C=O) groups is 1. The summed E-state index contributed by atoms with van der Waals surface area (Å²) in [5.74, 6) is -0.103. The van der Waals surface area contributed by atoms with Crippen LogP contribution < -0.4 is 5.43 Å². The highest BCUT2D eigenvalue weighted by Crippen LogP contribution is 2.40. The molecular weight excluding hydrogens is 438 g/mol. The number of hydrogen-bond acceptors (Lipinski definition) is 4. The van der Waals surface area contributed by atoms with E-state index in [1.807, 2.05) is 47.8 Å². The molecule has 4 nitrogen and oxygen atoms in total. The molecule has 3 heterocycles. The molecule has 1 aliphatic rings. The molecule has 0 bridgehead atoms. The van der Waals surface area contributed by atoms with Crippen molar-refractivity contribution in [2.45, 2.75) is 12.6 Å². The average molecular weight is 452 g/mol. The molecule has 1 amide bonds. The Hall–Kier alpha value is -2.70. The number of amides is 1. The zero-order valence-electron chi connectivity index (χ0n) is 14.6. The van der Waals surface area contributed by atoms with Crippen LogP contribution in [0.2, 0.25) is 0 Å². The summed E-state index contributed by atoms with van der Waals surface area (Å²) in [6.07, 6.45) is 0. The third kappa shape index (κ3) is 2.72. The van der Waals surface area contributed by atoms with Gasteiger partial charge in [-0.1, -0.05) is 52.3 Å². The van der Waals surface area contributed by atoms with E-state index in [4.69, 9.17) is 4.42 Å². The van der Waals surface area contributed by atoms with Crippen molar-refractivity contribution in [1.29, 1.82) is 0 Å². The molecule has 0 spiro atoms. The minimum Gasteiger partial charge on any atom is -0.450 e. The van der Waals surface area contributed by atoms with Gasteiger partial charge >= 0.3 is 0 Å². The van der Waals surface area contributed by atoms with E-state index >= 15 is 0 Å². The van der Waals surface area contributed by atoms with Crippen LogP contribution in [0.4, 0.5) is 0 Å². The first-order valence-corrected chi connectivity index (χ1v) is 10.5. The summed E-state index contributed by atoms with van der Waals surface area (Å²) in [5.41, 5.74) is 1.70. The Morgan fingerprint density at radius 1 is 1.04 bits per heavy atom. The van der Waals surface area contributed by atoms with E-state index in [2.05, 4.69) is 15.9 Å². The Balaban J connectivity index is 1.73. The van der Waals surface area contributed by atoms with Crippen LogP contribution in [0.3, 0.4) is 0 Å². The zero-order valence-corrected chi connectivity index (χ0v) is 17.0. The Kier molecular flexibility index (Phi) is 4.18. The van der Waals surface area contributed by atoms with Gasteiger partial charge in [0.25, 0.3) is 5.91 Å². The fourth-order valence-corrected chi connectivity index (χ4v) is 4.88. The first-order valence-electron chi connectivity index (χ1n) is 8.78. The van der Waals surface area contributed by atoms with Gasteiger partial charge in [0, 0.05) is 15.9 Å². The van der Waals surface area contributed by atoms with Crippen LogP contribution in [0.15, 0.2) is 79.7 Å². The topological polar surface area (TPSA) is 50.5 Å². The molecule has 28 heavy (non-hydrogen) atoms. The minimum atomic E-state index is -0.442. The van der Waals surface area contributed by atoms with Crippen LogP contribution in [0, 0.1) is 0 Å². The van der Waals surface area contributed by atoms with E-state index in [-0.39, 0.29) is 17.1 Å². The molecule has 2 aromatic heterocycles. The largest absolute Gasteiger partial charge is 0.450 e. The predicted molar refractivity (Wildman–Crippen MR) is 113 cm³/mol. The first-order chi connectivity index (χ1) is 13.6. The van der Waals surface area contributed by atoms with Gasteiger partial charge in [-0.25, -0.2) is 0 Å². The summed E-state index contributed by atoms with van der Waals surface area (Å²) in [7, 11) is 0. The number of thiophene rings is 1. The number of halogens is 1. The van der Waals surface area contributed by atoms with Crippen LogP contribution in [0.25, 0.3) is 11.0 Å². The smallest absolute Gasteiger partial charge is 0.291 e. The fourth-order valence-electron chi connectivity index (χ4n) is 3.68. The van der Waals surface area contributed by atoms with Crippen molar-refractivity contribution >= 4 is 44.1 Å². The molecule has 6 heteroatoms. The SMILES string of the molecule is O=C1c2oc3ccc(Br)cc3c(=O)c2C(c2cccs2)N1Cc1ccccc1. The van der Waals surface area contributed by atoms with Gasteiger partial charge in [-0.15, -0.1) is 11.3 Å². The van der Waals surface area contributed by atoms with Crippen molar-refractivity contribution in [3.8, 4) is 0 Å². The Bertz CT molecular complexity index is 1250. The normalized spacial score (nSPS) is 16.0. The van der Waals surface area contributed by atoms with Gasteiger partial charge in [0.15, 0.2) is 5.43 Å². The summed E-state index contributed by atoms with van der Waals surface area (Å²) in [6.45, 7) is 0.409. The lowest BCUT2D eigenvalue weighted by molar-refractivity contribution is 0.0716. The van der Waals surface area contributed by atoms with Gasteiger partial charge in [-0.2, -0.15) is 0 Å². The molecule has 2 aromatic carbocycles. The highest BCUT2D eigenvalue weighted by molar-refractivity contribution is 9.10. The monoisotopic (exact) mass is 451 g/mol. The molecule has 5 rings (SSSR count). The second kappa shape index (κ2) is 6.72. The van der Waals surface area contributed by atoms with Gasteiger partial charge in [0.2, 0.25) is 5.76 Å². The van der Waals surface area contributed by atoms with E-state index in [0.29, 0.717) is 23.1 Å². The van der Waals surface area contributed by atoms with E-state index in [0.717, 1.165) is 14.9 Å². The highest BCUT2D eigenvalue weighted by Gasteiger charge is 2.43. The summed E-state index contributed by atoms with van der Waals surface area (Å²) < 4.78 is 6.74. The van der Waals surface area contributed by atoms with Gasteiger partial charge in [0.05, 0.1) is 10.9 Å². The third-order valence-electron chi connectivity index (χ3n) is 4.94. The predicted octanol–water partition coefficient (Wildman–Crippen LogP) is 5.36. The molecule has 0 N–H and O–H groups in total.